The Kier molecular flexibility index (Phi) is 5.73. The number of hydrogen-bond acceptors (Lipinski definition) is 3. The lowest BCUT2D eigenvalue weighted by Gasteiger charge is -2.33. The predicted octanol–water partition coefficient (Wildman–Crippen LogP) is 2.09. The number of benzene rings is 1. The van der Waals surface area contributed by atoms with E-state index in [1.165, 1.54) is 5.56 Å². The van der Waals surface area contributed by atoms with Gasteiger partial charge in [0.1, 0.15) is 0 Å². The largest absolute Gasteiger partial charge is 0.352 e. The van der Waals surface area contributed by atoms with Gasteiger partial charge in [-0.15, -0.1) is 0 Å². The second-order valence-electron chi connectivity index (χ2n) is 5.10. The highest BCUT2D eigenvalue weighted by atomic mass is 32.1. The molecule has 1 aliphatic heterocycles. The third-order valence-corrected chi connectivity index (χ3v) is 3.68. The number of hydrogen-bond donors (Lipinski definition) is 2. The Hall–Kier alpha value is -1.00. The highest BCUT2D eigenvalue weighted by Crippen LogP contribution is 2.13. The van der Waals surface area contributed by atoms with Crippen molar-refractivity contribution >= 4 is 18.5 Å². The molecule has 1 N–H and O–H groups in total. The first kappa shape index (κ1) is 14.4. The number of nitrogens with one attached hydrogen (secondary N) is 1. The quantitative estimate of drug-likeness (QED) is 0.808. The van der Waals surface area contributed by atoms with E-state index in [-0.39, 0.29) is 5.91 Å². The van der Waals surface area contributed by atoms with Crippen molar-refractivity contribution in [3.05, 3.63) is 35.9 Å². The summed E-state index contributed by atoms with van der Waals surface area (Å²) in [7, 11) is 0. The van der Waals surface area contributed by atoms with Gasteiger partial charge in [-0.25, -0.2) is 0 Å². The molecular weight excluding hydrogens is 256 g/mol. The molecule has 1 aromatic carbocycles. The molecule has 1 saturated heterocycles. The van der Waals surface area contributed by atoms with E-state index in [4.69, 9.17) is 0 Å². The van der Waals surface area contributed by atoms with Crippen LogP contribution < -0.4 is 5.32 Å². The number of amides is 1. The maximum Gasteiger partial charge on any atom is 0.221 e. The van der Waals surface area contributed by atoms with Crippen molar-refractivity contribution < 1.29 is 4.79 Å². The summed E-state index contributed by atoms with van der Waals surface area (Å²) in [6, 6.07) is 10.8. The van der Waals surface area contributed by atoms with Crippen molar-refractivity contribution in [3.63, 3.8) is 0 Å². The maximum absolute atomic E-state index is 11.6. The van der Waals surface area contributed by atoms with Crippen molar-refractivity contribution in [2.24, 2.45) is 0 Å². The minimum atomic E-state index is 0.126. The summed E-state index contributed by atoms with van der Waals surface area (Å²) in [6.45, 7) is 3.04. The molecule has 1 aliphatic rings. The van der Waals surface area contributed by atoms with Crippen LogP contribution in [-0.2, 0) is 11.3 Å². The Labute approximate surface area is 120 Å². The molecule has 104 valence electrons. The lowest BCUT2D eigenvalue weighted by atomic mass is 10.0. The number of carbonyl (C=O) groups excluding carboxylic acids is 1. The van der Waals surface area contributed by atoms with Gasteiger partial charge in [0.25, 0.3) is 0 Å². The van der Waals surface area contributed by atoms with E-state index in [1.807, 2.05) is 6.07 Å². The maximum atomic E-state index is 11.6. The Morgan fingerprint density at radius 3 is 2.89 bits per heavy atom. The van der Waals surface area contributed by atoms with Crippen LogP contribution in [-0.4, -0.2) is 35.7 Å². The fraction of sp³-hybridized carbons (Fsp3) is 0.533. The van der Waals surface area contributed by atoms with Gasteiger partial charge in [0.15, 0.2) is 0 Å². The van der Waals surface area contributed by atoms with Crippen LogP contribution >= 0.6 is 12.6 Å². The summed E-state index contributed by atoms with van der Waals surface area (Å²) in [6.07, 6.45) is 2.75. The lowest BCUT2D eigenvalue weighted by molar-refractivity contribution is -0.121. The second kappa shape index (κ2) is 7.56. The van der Waals surface area contributed by atoms with Gasteiger partial charge in [-0.2, -0.15) is 12.6 Å². The molecule has 0 spiro atoms. The number of thiol groups is 1. The van der Waals surface area contributed by atoms with Crippen molar-refractivity contribution in [1.29, 1.82) is 0 Å². The van der Waals surface area contributed by atoms with Gasteiger partial charge in [-0.3, -0.25) is 9.69 Å². The van der Waals surface area contributed by atoms with Crippen molar-refractivity contribution in [2.75, 3.05) is 18.8 Å². The van der Waals surface area contributed by atoms with Crippen molar-refractivity contribution in [2.45, 2.75) is 31.8 Å². The van der Waals surface area contributed by atoms with Gasteiger partial charge < -0.3 is 5.32 Å². The highest BCUT2D eigenvalue weighted by molar-refractivity contribution is 7.80. The van der Waals surface area contributed by atoms with Crippen LogP contribution in [0, 0.1) is 0 Å². The molecule has 1 unspecified atom stereocenters. The zero-order valence-electron chi connectivity index (χ0n) is 11.2. The number of nitrogens with zero attached hydrogens (tertiary/aromatic N) is 1. The lowest BCUT2D eigenvalue weighted by Crippen LogP contribution is -2.47. The van der Waals surface area contributed by atoms with Crippen LogP contribution in [0.25, 0.3) is 0 Å². The first-order valence-electron chi connectivity index (χ1n) is 6.94. The van der Waals surface area contributed by atoms with Gasteiger partial charge in [-0.1, -0.05) is 30.3 Å². The molecule has 0 aromatic heterocycles. The second-order valence-corrected chi connectivity index (χ2v) is 5.55. The van der Waals surface area contributed by atoms with Crippen LogP contribution in [0.4, 0.5) is 0 Å². The normalized spacial score (nSPS) is 20.2. The summed E-state index contributed by atoms with van der Waals surface area (Å²) in [5, 5.41) is 3.11. The Bertz CT molecular complexity index is 396. The number of likely N-dealkylation sites (tertiary alicyclic amines) is 1. The minimum absolute atomic E-state index is 0.126. The van der Waals surface area contributed by atoms with Crippen LogP contribution in [0.15, 0.2) is 30.3 Å². The first-order chi connectivity index (χ1) is 9.28. The number of rotatable bonds is 5. The smallest absolute Gasteiger partial charge is 0.221 e. The Morgan fingerprint density at radius 2 is 2.16 bits per heavy atom. The molecule has 0 radical (unpaired) electrons. The monoisotopic (exact) mass is 278 g/mol. The van der Waals surface area contributed by atoms with Crippen LogP contribution in [0.3, 0.4) is 0 Å². The van der Waals surface area contributed by atoms with Crippen LogP contribution in [0.1, 0.15) is 24.8 Å². The topological polar surface area (TPSA) is 32.3 Å². The van der Waals surface area contributed by atoms with E-state index < -0.39 is 0 Å². The van der Waals surface area contributed by atoms with Gasteiger partial charge in [0, 0.05) is 25.6 Å². The molecule has 4 heteroatoms. The van der Waals surface area contributed by atoms with E-state index in [0.717, 1.165) is 32.5 Å². The molecule has 0 aliphatic carbocycles. The molecule has 3 nitrogen and oxygen atoms in total. The van der Waals surface area contributed by atoms with Gasteiger partial charge in [0.2, 0.25) is 5.91 Å². The summed E-state index contributed by atoms with van der Waals surface area (Å²) in [5.41, 5.74) is 1.34. The minimum Gasteiger partial charge on any atom is -0.352 e. The summed E-state index contributed by atoms with van der Waals surface area (Å²) in [4.78, 5) is 14.0. The molecule has 2 rings (SSSR count). The predicted molar refractivity (Wildman–Crippen MR) is 81.4 cm³/mol. The summed E-state index contributed by atoms with van der Waals surface area (Å²) in [5.74, 6) is 0.744. The van der Waals surface area contributed by atoms with E-state index in [2.05, 4.69) is 47.1 Å². The summed E-state index contributed by atoms with van der Waals surface area (Å²) < 4.78 is 0. The average Bonchev–Trinajstić information content (AvgIpc) is 2.40. The van der Waals surface area contributed by atoms with Crippen LogP contribution in [0.5, 0.6) is 0 Å². The first-order valence-corrected chi connectivity index (χ1v) is 7.57. The fourth-order valence-electron chi connectivity index (χ4n) is 2.56. The molecule has 1 aromatic rings. The number of carbonyl (C=O) groups is 1. The molecule has 1 amide bonds. The van der Waals surface area contributed by atoms with E-state index in [9.17, 15) is 4.79 Å². The standard InChI is InChI=1S/C15H22N2OS/c18-15(8-10-19)16-14-7-4-9-17(12-14)11-13-5-2-1-3-6-13/h1-3,5-6,14,19H,4,7-12H2,(H,16,18). The SMILES string of the molecule is O=C(CCS)NC1CCCN(Cc2ccccc2)C1. The van der Waals surface area contributed by atoms with Crippen molar-refractivity contribution in [1.82, 2.24) is 10.2 Å². The van der Waals surface area contributed by atoms with Crippen LogP contribution in [0.2, 0.25) is 0 Å². The van der Waals surface area contributed by atoms with Gasteiger partial charge in [0.05, 0.1) is 0 Å². The molecular formula is C15H22N2OS. The van der Waals surface area contributed by atoms with E-state index in [0.29, 0.717) is 18.2 Å². The van der Waals surface area contributed by atoms with E-state index in [1.54, 1.807) is 0 Å². The summed E-state index contributed by atoms with van der Waals surface area (Å²) >= 11 is 4.09. The Balaban J connectivity index is 1.82. The molecule has 1 heterocycles. The molecule has 0 bridgehead atoms. The zero-order chi connectivity index (χ0) is 13.5. The zero-order valence-corrected chi connectivity index (χ0v) is 12.1. The molecule has 1 atom stereocenters. The molecule has 0 saturated carbocycles. The third kappa shape index (κ3) is 4.88. The highest BCUT2D eigenvalue weighted by Gasteiger charge is 2.20. The average molecular weight is 278 g/mol. The van der Waals surface area contributed by atoms with Crippen molar-refractivity contribution in [3.8, 4) is 0 Å². The third-order valence-electron chi connectivity index (χ3n) is 3.46. The van der Waals surface area contributed by atoms with E-state index >= 15 is 0 Å². The number of piperidine rings is 1. The molecule has 19 heavy (non-hydrogen) atoms. The Morgan fingerprint density at radius 1 is 1.37 bits per heavy atom. The van der Waals surface area contributed by atoms with Gasteiger partial charge in [-0.05, 0) is 30.7 Å². The molecule has 1 fully saturated rings. The van der Waals surface area contributed by atoms with Gasteiger partial charge >= 0.3 is 0 Å². The fourth-order valence-corrected chi connectivity index (χ4v) is 2.76.